The van der Waals surface area contributed by atoms with Crippen LogP contribution in [-0.2, 0) is 0 Å². The number of hydrogen-bond donors (Lipinski definition) is 2. The maximum absolute atomic E-state index is 13.0. The monoisotopic (exact) mass is 266 g/mol. The zero-order valence-electron chi connectivity index (χ0n) is 8.53. The minimum Gasteiger partial charge on any atom is -0.390 e. The molecule has 1 rings (SSSR count). The molecule has 0 spiro atoms. The van der Waals surface area contributed by atoms with Gasteiger partial charge in [0.15, 0.2) is 0 Å². The standard InChI is InChI=1S/C10H9F3N2O.ClH/c11-8-2-1-6(3-7(8)4-14)9(15)10(12,13)5-16;/h1-3,9,16H,5,15H2;1H/t9-;/m0./s1. The summed E-state index contributed by atoms with van der Waals surface area (Å²) < 4.78 is 38.9. The van der Waals surface area contributed by atoms with Crippen LogP contribution in [-0.4, -0.2) is 17.6 Å². The second kappa shape index (κ2) is 5.87. The van der Waals surface area contributed by atoms with E-state index in [2.05, 4.69) is 0 Å². The second-order valence-corrected chi connectivity index (χ2v) is 3.25. The van der Waals surface area contributed by atoms with Gasteiger partial charge in [-0.15, -0.1) is 12.4 Å². The highest BCUT2D eigenvalue weighted by Gasteiger charge is 2.37. The van der Waals surface area contributed by atoms with Gasteiger partial charge in [0, 0.05) is 0 Å². The Labute approximate surface area is 102 Å². The molecule has 1 aromatic rings. The van der Waals surface area contributed by atoms with Gasteiger partial charge >= 0.3 is 0 Å². The summed E-state index contributed by atoms with van der Waals surface area (Å²) >= 11 is 0. The van der Waals surface area contributed by atoms with Crippen LogP contribution in [0.3, 0.4) is 0 Å². The van der Waals surface area contributed by atoms with E-state index in [0.29, 0.717) is 0 Å². The molecule has 0 fully saturated rings. The molecule has 3 nitrogen and oxygen atoms in total. The van der Waals surface area contributed by atoms with Crippen LogP contribution in [0.2, 0.25) is 0 Å². The van der Waals surface area contributed by atoms with Crippen LogP contribution in [0.25, 0.3) is 0 Å². The van der Waals surface area contributed by atoms with Crippen molar-refractivity contribution < 1.29 is 18.3 Å². The first-order chi connectivity index (χ1) is 7.42. The zero-order valence-corrected chi connectivity index (χ0v) is 9.35. The van der Waals surface area contributed by atoms with Crippen LogP contribution in [0.5, 0.6) is 0 Å². The van der Waals surface area contributed by atoms with E-state index >= 15 is 0 Å². The van der Waals surface area contributed by atoms with Gasteiger partial charge in [-0.05, 0) is 17.7 Å². The molecule has 1 aromatic carbocycles. The lowest BCUT2D eigenvalue weighted by atomic mass is 10.00. The van der Waals surface area contributed by atoms with Crippen molar-refractivity contribution >= 4 is 12.4 Å². The molecule has 0 saturated heterocycles. The van der Waals surface area contributed by atoms with E-state index in [0.717, 1.165) is 18.2 Å². The van der Waals surface area contributed by atoms with Crippen molar-refractivity contribution in [1.82, 2.24) is 0 Å². The first-order valence-electron chi connectivity index (χ1n) is 4.36. The van der Waals surface area contributed by atoms with Gasteiger partial charge < -0.3 is 10.8 Å². The topological polar surface area (TPSA) is 70.0 Å². The molecule has 0 heterocycles. The van der Waals surface area contributed by atoms with Crippen LogP contribution >= 0.6 is 12.4 Å². The van der Waals surface area contributed by atoms with Crippen LogP contribution < -0.4 is 5.73 Å². The molecule has 7 heteroatoms. The van der Waals surface area contributed by atoms with Crippen LogP contribution in [0.1, 0.15) is 17.2 Å². The minimum atomic E-state index is -3.51. The van der Waals surface area contributed by atoms with Crippen molar-refractivity contribution in [2.45, 2.75) is 12.0 Å². The maximum Gasteiger partial charge on any atom is 0.289 e. The molecule has 0 bridgehead atoms. The molecule has 3 N–H and O–H groups in total. The first-order valence-corrected chi connectivity index (χ1v) is 4.36. The molecule has 0 aliphatic carbocycles. The number of nitrogens with two attached hydrogens (primary N) is 1. The highest BCUT2D eigenvalue weighted by molar-refractivity contribution is 5.85. The average Bonchev–Trinajstić information content (AvgIpc) is 2.28. The number of benzene rings is 1. The molecule has 17 heavy (non-hydrogen) atoms. The summed E-state index contributed by atoms with van der Waals surface area (Å²) in [5.74, 6) is -4.31. The summed E-state index contributed by atoms with van der Waals surface area (Å²) in [7, 11) is 0. The van der Waals surface area contributed by atoms with E-state index < -0.39 is 24.4 Å². The summed E-state index contributed by atoms with van der Waals surface area (Å²) in [6.07, 6.45) is 0. The minimum absolute atomic E-state index is 0. The molecular formula is C10H10ClF3N2O. The molecule has 0 aromatic heterocycles. The fourth-order valence-electron chi connectivity index (χ4n) is 1.16. The SMILES string of the molecule is Cl.N#Cc1cc([C@H](N)C(F)(F)CO)ccc1F. The summed E-state index contributed by atoms with van der Waals surface area (Å²) in [6.45, 7) is -1.41. The van der Waals surface area contributed by atoms with E-state index in [-0.39, 0.29) is 23.5 Å². The maximum atomic E-state index is 13.0. The number of nitrogens with zero attached hydrogens (tertiary/aromatic N) is 1. The van der Waals surface area contributed by atoms with E-state index in [1.54, 1.807) is 0 Å². The first kappa shape index (κ1) is 15.7. The summed E-state index contributed by atoms with van der Waals surface area (Å²) in [5.41, 5.74) is 4.76. The number of rotatable bonds is 3. The van der Waals surface area contributed by atoms with Gasteiger partial charge in [0.2, 0.25) is 0 Å². The smallest absolute Gasteiger partial charge is 0.289 e. The van der Waals surface area contributed by atoms with Crippen molar-refractivity contribution in [3.63, 3.8) is 0 Å². The Kier molecular flexibility index (Phi) is 5.42. The molecule has 0 unspecified atom stereocenters. The van der Waals surface area contributed by atoms with Gasteiger partial charge in [-0.25, -0.2) is 13.2 Å². The Morgan fingerprint density at radius 3 is 2.53 bits per heavy atom. The Hall–Kier alpha value is -1.29. The number of aliphatic hydroxyl groups is 1. The molecule has 0 saturated carbocycles. The van der Waals surface area contributed by atoms with Crippen molar-refractivity contribution in [3.8, 4) is 6.07 Å². The molecule has 1 atom stereocenters. The number of alkyl halides is 2. The number of halogens is 4. The largest absolute Gasteiger partial charge is 0.390 e. The van der Waals surface area contributed by atoms with E-state index in [9.17, 15) is 13.2 Å². The van der Waals surface area contributed by atoms with Crippen LogP contribution in [0, 0.1) is 17.1 Å². The van der Waals surface area contributed by atoms with E-state index in [1.807, 2.05) is 0 Å². The van der Waals surface area contributed by atoms with Crippen LogP contribution in [0.4, 0.5) is 13.2 Å². The normalized spacial score (nSPS) is 12.5. The highest BCUT2D eigenvalue weighted by atomic mass is 35.5. The summed E-state index contributed by atoms with van der Waals surface area (Å²) in [6, 6.07) is 2.65. The average molecular weight is 267 g/mol. The third-order valence-corrected chi connectivity index (χ3v) is 2.14. The van der Waals surface area contributed by atoms with Crippen LogP contribution in [0.15, 0.2) is 18.2 Å². The predicted octanol–water partition coefficient (Wildman–Crippen LogP) is 1.75. The van der Waals surface area contributed by atoms with Crippen molar-refractivity contribution in [3.05, 3.63) is 35.1 Å². The molecule has 0 radical (unpaired) electrons. The predicted molar refractivity (Wildman–Crippen MR) is 57.3 cm³/mol. The van der Waals surface area contributed by atoms with Gasteiger partial charge in [-0.2, -0.15) is 5.26 Å². The second-order valence-electron chi connectivity index (χ2n) is 3.25. The van der Waals surface area contributed by atoms with Gasteiger partial charge in [-0.3, -0.25) is 0 Å². The van der Waals surface area contributed by atoms with Gasteiger partial charge in [0.1, 0.15) is 18.5 Å². The Morgan fingerprint density at radius 1 is 1.47 bits per heavy atom. The van der Waals surface area contributed by atoms with Gasteiger partial charge in [0.25, 0.3) is 5.92 Å². The Balaban J connectivity index is 0.00000256. The lowest BCUT2D eigenvalue weighted by molar-refractivity contribution is -0.0712. The third-order valence-electron chi connectivity index (χ3n) is 2.14. The van der Waals surface area contributed by atoms with E-state index in [1.165, 1.54) is 6.07 Å². The summed E-state index contributed by atoms with van der Waals surface area (Å²) in [5, 5.41) is 17.0. The quantitative estimate of drug-likeness (QED) is 0.876. The van der Waals surface area contributed by atoms with Crippen molar-refractivity contribution in [2.75, 3.05) is 6.61 Å². The molecular weight excluding hydrogens is 257 g/mol. The Bertz CT molecular complexity index is 434. The zero-order chi connectivity index (χ0) is 12.3. The van der Waals surface area contributed by atoms with E-state index in [4.69, 9.17) is 16.1 Å². The fourth-order valence-corrected chi connectivity index (χ4v) is 1.16. The number of aliphatic hydroxyl groups excluding tert-OH is 1. The number of nitriles is 1. The fraction of sp³-hybridized carbons (Fsp3) is 0.300. The van der Waals surface area contributed by atoms with Gasteiger partial charge in [0.05, 0.1) is 11.6 Å². The Morgan fingerprint density at radius 2 is 2.06 bits per heavy atom. The van der Waals surface area contributed by atoms with Crippen molar-refractivity contribution in [1.29, 1.82) is 5.26 Å². The third kappa shape index (κ3) is 3.33. The number of hydrogen-bond acceptors (Lipinski definition) is 3. The molecule has 0 amide bonds. The molecule has 0 aliphatic heterocycles. The molecule has 0 aliphatic rings. The lowest BCUT2D eigenvalue weighted by Crippen LogP contribution is -2.36. The molecule has 94 valence electrons. The van der Waals surface area contributed by atoms with Gasteiger partial charge in [-0.1, -0.05) is 6.07 Å². The lowest BCUT2D eigenvalue weighted by Gasteiger charge is -2.21. The summed E-state index contributed by atoms with van der Waals surface area (Å²) in [4.78, 5) is 0. The van der Waals surface area contributed by atoms with Crippen molar-refractivity contribution in [2.24, 2.45) is 5.73 Å². The highest BCUT2D eigenvalue weighted by Crippen LogP contribution is 2.29.